The van der Waals surface area contributed by atoms with E-state index in [1.165, 1.54) is 24.7 Å². The molecule has 1 aliphatic rings. The first kappa shape index (κ1) is 22.7. The largest absolute Gasteiger partial charge is 0.473 e. The number of rotatable bonds is 7. The van der Waals surface area contributed by atoms with Gasteiger partial charge in [0.1, 0.15) is 12.9 Å². The molecule has 10 nitrogen and oxygen atoms in total. The van der Waals surface area contributed by atoms with Gasteiger partial charge in [-0.1, -0.05) is 31.2 Å². The van der Waals surface area contributed by atoms with E-state index >= 15 is 0 Å². The van der Waals surface area contributed by atoms with E-state index in [9.17, 15) is 18.0 Å². The summed E-state index contributed by atoms with van der Waals surface area (Å²) in [4.78, 5) is 25.9. The van der Waals surface area contributed by atoms with Crippen molar-refractivity contribution in [3.8, 4) is 5.88 Å². The molecule has 1 aliphatic heterocycles. The number of benzene rings is 1. The van der Waals surface area contributed by atoms with Gasteiger partial charge in [0, 0.05) is 19.2 Å². The molecule has 1 saturated heterocycles. The summed E-state index contributed by atoms with van der Waals surface area (Å²) in [6.07, 6.45) is 3.64. The van der Waals surface area contributed by atoms with Crippen LogP contribution in [-0.4, -0.2) is 47.1 Å². The average Bonchev–Trinajstić information content (AvgIpc) is 3.51. The maximum absolute atomic E-state index is 13.0. The Kier molecular flexibility index (Phi) is 6.09. The van der Waals surface area contributed by atoms with Crippen LogP contribution in [0.25, 0.3) is 0 Å². The van der Waals surface area contributed by atoms with E-state index in [-0.39, 0.29) is 36.2 Å². The Morgan fingerprint density at radius 1 is 1.24 bits per heavy atom. The second-order valence-corrected chi connectivity index (χ2v) is 9.94. The topological polar surface area (TPSA) is 138 Å². The number of hydrogen-bond acceptors (Lipinski definition) is 8. The van der Waals surface area contributed by atoms with Crippen LogP contribution in [0.15, 0.2) is 53.3 Å². The highest BCUT2D eigenvalue weighted by Gasteiger charge is 2.44. The van der Waals surface area contributed by atoms with Crippen LogP contribution in [0.4, 0.5) is 0 Å². The number of furan rings is 1. The highest BCUT2D eigenvalue weighted by Crippen LogP contribution is 2.36. The lowest BCUT2D eigenvalue weighted by molar-refractivity contribution is -0.125. The molecule has 2 aromatic heterocycles. The quantitative estimate of drug-likeness (QED) is 0.549. The lowest BCUT2D eigenvalue weighted by atomic mass is 9.94. The van der Waals surface area contributed by atoms with E-state index in [1.54, 1.807) is 6.92 Å². The van der Waals surface area contributed by atoms with E-state index < -0.39 is 27.8 Å². The number of amides is 1. The Bertz CT molecular complexity index is 1260. The average molecular weight is 473 g/mol. The van der Waals surface area contributed by atoms with Crippen LogP contribution < -0.4 is 10.5 Å². The van der Waals surface area contributed by atoms with Gasteiger partial charge in [-0.3, -0.25) is 9.59 Å². The molecule has 174 valence electrons. The number of carbonyl (C=O) groups is 2. The fraction of sp³-hybridized carbons (Fsp3) is 0.318. The summed E-state index contributed by atoms with van der Waals surface area (Å²) in [6, 6.07) is 10.5. The first-order valence-electron chi connectivity index (χ1n) is 10.3. The third-order valence-corrected chi connectivity index (χ3v) is 6.68. The smallest absolute Gasteiger partial charge is 0.284 e. The van der Waals surface area contributed by atoms with Crippen LogP contribution in [0.5, 0.6) is 5.88 Å². The molecule has 2 unspecified atom stereocenters. The van der Waals surface area contributed by atoms with Crippen molar-refractivity contribution in [3.05, 3.63) is 71.3 Å². The van der Waals surface area contributed by atoms with Gasteiger partial charge in [0.25, 0.3) is 5.91 Å². The van der Waals surface area contributed by atoms with Crippen molar-refractivity contribution in [2.45, 2.75) is 26.0 Å². The zero-order valence-electron chi connectivity index (χ0n) is 18.2. The molecule has 0 aliphatic carbocycles. The first-order valence-corrected chi connectivity index (χ1v) is 12.1. The Balaban J connectivity index is 1.66. The SMILES string of the molecule is CC1CN(S(C)(=O)=O)C(=O)C1c1cc(OCc2ccc(CN)cc2)n(C(=O)c2ccoc2)n1. The van der Waals surface area contributed by atoms with Gasteiger partial charge in [-0.2, -0.15) is 9.78 Å². The number of sulfonamides is 1. The highest BCUT2D eigenvalue weighted by atomic mass is 32.2. The zero-order valence-corrected chi connectivity index (χ0v) is 19.0. The van der Waals surface area contributed by atoms with Gasteiger partial charge in [-0.25, -0.2) is 12.7 Å². The van der Waals surface area contributed by atoms with Crippen molar-refractivity contribution in [2.75, 3.05) is 12.8 Å². The van der Waals surface area contributed by atoms with Crippen LogP contribution in [-0.2, 0) is 28.0 Å². The molecule has 0 radical (unpaired) electrons. The van der Waals surface area contributed by atoms with Gasteiger partial charge in [0.15, 0.2) is 0 Å². The summed E-state index contributed by atoms with van der Waals surface area (Å²) in [5, 5.41) is 4.35. The first-order chi connectivity index (χ1) is 15.7. The Labute approximate surface area is 191 Å². The zero-order chi connectivity index (χ0) is 23.8. The predicted molar refractivity (Wildman–Crippen MR) is 118 cm³/mol. The number of hydrogen-bond donors (Lipinski definition) is 1. The molecule has 2 N–H and O–H groups in total. The molecule has 1 amide bonds. The maximum atomic E-state index is 13.0. The second kappa shape index (κ2) is 8.83. The third kappa shape index (κ3) is 4.55. The fourth-order valence-electron chi connectivity index (χ4n) is 3.79. The van der Waals surface area contributed by atoms with Gasteiger partial charge < -0.3 is 14.9 Å². The molecule has 33 heavy (non-hydrogen) atoms. The van der Waals surface area contributed by atoms with E-state index in [0.717, 1.165) is 26.4 Å². The van der Waals surface area contributed by atoms with E-state index in [0.29, 0.717) is 6.54 Å². The highest BCUT2D eigenvalue weighted by molar-refractivity contribution is 7.88. The Morgan fingerprint density at radius 3 is 2.52 bits per heavy atom. The molecule has 11 heteroatoms. The fourth-order valence-corrected chi connectivity index (χ4v) is 4.74. The van der Waals surface area contributed by atoms with Crippen molar-refractivity contribution < 1.29 is 27.2 Å². The summed E-state index contributed by atoms with van der Waals surface area (Å²) in [5.74, 6) is -2.08. The number of carbonyl (C=O) groups excluding carboxylic acids is 2. The van der Waals surface area contributed by atoms with Gasteiger partial charge in [0.2, 0.25) is 21.8 Å². The van der Waals surface area contributed by atoms with Gasteiger partial charge in [-0.15, -0.1) is 0 Å². The summed E-state index contributed by atoms with van der Waals surface area (Å²) < 4.78 is 36.8. The molecule has 0 bridgehead atoms. The molecule has 1 aromatic carbocycles. The van der Waals surface area contributed by atoms with Crippen LogP contribution in [0.2, 0.25) is 0 Å². The van der Waals surface area contributed by atoms with Crippen molar-refractivity contribution in [2.24, 2.45) is 11.7 Å². The van der Waals surface area contributed by atoms with Gasteiger partial charge >= 0.3 is 0 Å². The molecule has 3 aromatic rings. The molecule has 1 fully saturated rings. The molecular weight excluding hydrogens is 448 g/mol. The number of nitrogens with two attached hydrogens (primary N) is 1. The van der Waals surface area contributed by atoms with E-state index in [4.69, 9.17) is 14.9 Å². The minimum atomic E-state index is -3.70. The normalized spacial score (nSPS) is 18.6. The summed E-state index contributed by atoms with van der Waals surface area (Å²) in [6.45, 7) is 2.39. The van der Waals surface area contributed by atoms with Crippen LogP contribution in [0.3, 0.4) is 0 Å². The lowest BCUT2D eigenvalue weighted by Gasteiger charge is -2.12. The molecule has 0 saturated carbocycles. The molecule has 2 atom stereocenters. The molecule has 3 heterocycles. The van der Waals surface area contributed by atoms with Crippen LogP contribution in [0, 0.1) is 5.92 Å². The summed E-state index contributed by atoms with van der Waals surface area (Å²) in [7, 11) is -3.70. The van der Waals surface area contributed by atoms with Gasteiger partial charge in [0.05, 0.1) is 29.7 Å². The van der Waals surface area contributed by atoms with E-state index in [1.807, 2.05) is 24.3 Å². The van der Waals surface area contributed by atoms with E-state index in [2.05, 4.69) is 5.10 Å². The molecular formula is C22H24N4O6S. The monoisotopic (exact) mass is 472 g/mol. The Hall–Kier alpha value is -3.44. The van der Waals surface area contributed by atoms with Crippen molar-refractivity contribution in [1.29, 1.82) is 0 Å². The second-order valence-electron chi connectivity index (χ2n) is 8.03. The van der Waals surface area contributed by atoms with Crippen molar-refractivity contribution in [3.63, 3.8) is 0 Å². The van der Waals surface area contributed by atoms with Gasteiger partial charge in [-0.05, 0) is 23.1 Å². The van der Waals surface area contributed by atoms with Crippen molar-refractivity contribution >= 4 is 21.8 Å². The predicted octanol–water partition coefficient (Wildman–Crippen LogP) is 1.72. The summed E-state index contributed by atoms with van der Waals surface area (Å²) in [5.41, 5.74) is 7.98. The number of ether oxygens (including phenoxy) is 1. The maximum Gasteiger partial charge on any atom is 0.284 e. The minimum Gasteiger partial charge on any atom is -0.473 e. The molecule has 4 rings (SSSR count). The standard InChI is InChI=1S/C22H24N4O6S/c1-14-11-25(33(2,29)30)22(28)20(14)18-9-19(26(24-18)21(27)17-7-8-31-13-17)32-12-16-5-3-15(10-23)4-6-16/h3-9,13-14,20H,10-12,23H2,1-2H3. The molecule has 0 spiro atoms. The number of aromatic nitrogens is 2. The number of nitrogens with zero attached hydrogens (tertiary/aromatic N) is 3. The van der Waals surface area contributed by atoms with Crippen LogP contribution >= 0.6 is 0 Å². The third-order valence-electron chi connectivity index (χ3n) is 5.56. The van der Waals surface area contributed by atoms with Crippen LogP contribution in [0.1, 0.15) is 40.0 Å². The minimum absolute atomic E-state index is 0.0502. The summed E-state index contributed by atoms with van der Waals surface area (Å²) >= 11 is 0. The Morgan fingerprint density at radius 2 is 1.94 bits per heavy atom. The van der Waals surface area contributed by atoms with Crippen molar-refractivity contribution in [1.82, 2.24) is 14.1 Å². The lowest BCUT2D eigenvalue weighted by Crippen LogP contribution is -2.32.